The summed E-state index contributed by atoms with van der Waals surface area (Å²) in [5, 5.41) is 6.34. The minimum Gasteiger partial charge on any atom is -0.357 e. The molecule has 0 amide bonds. The van der Waals surface area contributed by atoms with Crippen molar-refractivity contribution in [1.29, 1.82) is 0 Å². The van der Waals surface area contributed by atoms with Gasteiger partial charge in [0.05, 0.1) is 12.1 Å². The van der Waals surface area contributed by atoms with Gasteiger partial charge >= 0.3 is 6.18 Å². The van der Waals surface area contributed by atoms with E-state index in [0.717, 1.165) is 30.7 Å². The molecule has 0 aliphatic heterocycles. The lowest BCUT2D eigenvalue weighted by atomic mass is 10.1. The van der Waals surface area contributed by atoms with Gasteiger partial charge in [-0.25, -0.2) is 4.99 Å². The highest BCUT2D eigenvalue weighted by atomic mass is 19.4. The molecular weight excluding hydrogens is 279 g/mol. The van der Waals surface area contributed by atoms with Crippen LogP contribution in [0.4, 0.5) is 13.2 Å². The molecule has 0 saturated heterocycles. The zero-order chi connectivity index (χ0) is 15.9. The van der Waals surface area contributed by atoms with E-state index in [1.54, 1.807) is 0 Å². The lowest BCUT2D eigenvalue weighted by molar-refractivity contribution is -0.137. The number of alkyl halides is 3. The van der Waals surface area contributed by atoms with Crippen LogP contribution in [-0.2, 0) is 12.7 Å². The Bertz CT molecular complexity index is 452. The third-order valence-electron chi connectivity index (χ3n) is 3.04. The van der Waals surface area contributed by atoms with Crippen molar-refractivity contribution in [2.45, 2.75) is 46.0 Å². The molecule has 1 rings (SSSR count). The predicted octanol–water partition coefficient (Wildman–Crippen LogP) is 3.56. The molecule has 0 saturated carbocycles. The molecule has 1 unspecified atom stereocenters. The minimum atomic E-state index is -4.30. The number of nitrogens with one attached hydrogen (secondary N) is 2. The van der Waals surface area contributed by atoms with Gasteiger partial charge in [-0.1, -0.05) is 19.1 Å². The maximum Gasteiger partial charge on any atom is 0.416 e. The van der Waals surface area contributed by atoms with Crippen LogP contribution in [-0.4, -0.2) is 18.5 Å². The van der Waals surface area contributed by atoms with Crippen molar-refractivity contribution in [3.63, 3.8) is 0 Å². The molecule has 21 heavy (non-hydrogen) atoms. The maximum absolute atomic E-state index is 12.5. The summed E-state index contributed by atoms with van der Waals surface area (Å²) in [5.74, 6) is 0.673. The van der Waals surface area contributed by atoms with Crippen LogP contribution >= 0.6 is 0 Å². The first-order valence-corrected chi connectivity index (χ1v) is 7.07. The molecule has 1 aromatic rings. The Morgan fingerprint density at radius 2 is 1.81 bits per heavy atom. The van der Waals surface area contributed by atoms with Gasteiger partial charge in [-0.2, -0.15) is 13.2 Å². The lowest BCUT2D eigenvalue weighted by Gasteiger charge is -2.16. The Balaban J connectivity index is 2.71. The number of rotatable bonds is 5. The van der Waals surface area contributed by atoms with Crippen molar-refractivity contribution >= 4 is 5.96 Å². The first-order valence-electron chi connectivity index (χ1n) is 7.07. The smallest absolute Gasteiger partial charge is 0.357 e. The molecular formula is C15H22F3N3. The van der Waals surface area contributed by atoms with Crippen molar-refractivity contribution < 1.29 is 13.2 Å². The molecule has 1 aromatic carbocycles. The second kappa shape index (κ2) is 7.90. The standard InChI is InChI=1S/C15H22F3N3/c1-4-11(3)21-14(19-5-2)20-10-12-6-8-13(9-7-12)15(16,17)18/h6-9,11H,4-5,10H2,1-3H3,(H2,19,20,21). The summed E-state index contributed by atoms with van der Waals surface area (Å²) in [4.78, 5) is 4.38. The van der Waals surface area contributed by atoms with E-state index in [0.29, 0.717) is 12.5 Å². The Morgan fingerprint density at radius 1 is 1.19 bits per heavy atom. The number of halogens is 3. The Kier molecular flexibility index (Phi) is 6.52. The number of aliphatic imine (C=N–C) groups is 1. The van der Waals surface area contributed by atoms with Crippen LogP contribution in [0, 0.1) is 0 Å². The molecule has 118 valence electrons. The van der Waals surface area contributed by atoms with Gasteiger partial charge in [0.2, 0.25) is 0 Å². The van der Waals surface area contributed by atoms with Crippen LogP contribution in [0.5, 0.6) is 0 Å². The van der Waals surface area contributed by atoms with Crippen LogP contribution in [0.25, 0.3) is 0 Å². The molecule has 1 atom stereocenters. The van der Waals surface area contributed by atoms with Gasteiger partial charge in [-0.3, -0.25) is 0 Å². The highest BCUT2D eigenvalue weighted by molar-refractivity contribution is 5.80. The fourth-order valence-corrected chi connectivity index (χ4v) is 1.62. The third kappa shape index (κ3) is 6.06. The Hall–Kier alpha value is -1.72. The predicted molar refractivity (Wildman–Crippen MR) is 79.1 cm³/mol. The van der Waals surface area contributed by atoms with Gasteiger partial charge in [0.1, 0.15) is 0 Å². The summed E-state index contributed by atoms with van der Waals surface area (Å²) in [7, 11) is 0. The van der Waals surface area contributed by atoms with Gasteiger partial charge in [-0.15, -0.1) is 0 Å². The summed E-state index contributed by atoms with van der Waals surface area (Å²) >= 11 is 0. The highest BCUT2D eigenvalue weighted by Crippen LogP contribution is 2.29. The van der Waals surface area contributed by atoms with E-state index in [2.05, 4.69) is 22.5 Å². The summed E-state index contributed by atoms with van der Waals surface area (Å²) in [6.45, 7) is 7.15. The van der Waals surface area contributed by atoms with Crippen LogP contribution < -0.4 is 10.6 Å². The van der Waals surface area contributed by atoms with Crippen LogP contribution in [0.1, 0.15) is 38.3 Å². The minimum absolute atomic E-state index is 0.287. The molecule has 0 radical (unpaired) electrons. The monoisotopic (exact) mass is 301 g/mol. The fraction of sp³-hybridized carbons (Fsp3) is 0.533. The van der Waals surface area contributed by atoms with Gasteiger partial charge in [0.25, 0.3) is 0 Å². The summed E-state index contributed by atoms with van der Waals surface area (Å²) in [6.07, 6.45) is -3.33. The molecule has 0 spiro atoms. The first-order chi connectivity index (χ1) is 9.86. The second-order valence-corrected chi connectivity index (χ2v) is 4.84. The quantitative estimate of drug-likeness (QED) is 0.644. The zero-order valence-corrected chi connectivity index (χ0v) is 12.6. The summed E-state index contributed by atoms with van der Waals surface area (Å²) in [6, 6.07) is 5.37. The van der Waals surface area contributed by atoms with Crippen LogP contribution in [0.15, 0.2) is 29.3 Å². The van der Waals surface area contributed by atoms with Crippen molar-refractivity contribution in [2.24, 2.45) is 4.99 Å². The summed E-state index contributed by atoms with van der Waals surface area (Å²) in [5.41, 5.74) is 0.101. The van der Waals surface area contributed by atoms with Crippen molar-refractivity contribution in [2.75, 3.05) is 6.54 Å². The van der Waals surface area contributed by atoms with E-state index in [1.165, 1.54) is 12.1 Å². The Morgan fingerprint density at radius 3 is 2.29 bits per heavy atom. The molecule has 0 bridgehead atoms. The average Bonchev–Trinajstić information content (AvgIpc) is 2.44. The fourth-order valence-electron chi connectivity index (χ4n) is 1.62. The molecule has 0 fully saturated rings. The summed E-state index contributed by atoms with van der Waals surface area (Å²) < 4.78 is 37.4. The third-order valence-corrected chi connectivity index (χ3v) is 3.04. The van der Waals surface area contributed by atoms with Crippen molar-refractivity contribution in [3.05, 3.63) is 35.4 Å². The number of guanidine groups is 1. The van der Waals surface area contributed by atoms with E-state index >= 15 is 0 Å². The van der Waals surface area contributed by atoms with Crippen molar-refractivity contribution in [1.82, 2.24) is 10.6 Å². The van der Waals surface area contributed by atoms with Crippen LogP contribution in [0.3, 0.4) is 0 Å². The van der Waals surface area contributed by atoms with Gasteiger partial charge in [0, 0.05) is 12.6 Å². The normalized spacial score (nSPS) is 13.9. The SMILES string of the molecule is CCNC(=NCc1ccc(C(F)(F)F)cc1)NC(C)CC. The van der Waals surface area contributed by atoms with E-state index in [4.69, 9.17) is 0 Å². The molecule has 0 aliphatic rings. The molecule has 3 nitrogen and oxygen atoms in total. The molecule has 2 N–H and O–H groups in total. The van der Waals surface area contributed by atoms with E-state index in [9.17, 15) is 13.2 Å². The molecule has 0 aromatic heterocycles. The van der Waals surface area contributed by atoms with E-state index < -0.39 is 11.7 Å². The topological polar surface area (TPSA) is 36.4 Å². The number of hydrogen-bond acceptors (Lipinski definition) is 1. The average molecular weight is 301 g/mol. The highest BCUT2D eigenvalue weighted by Gasteiger charge is 2.29. The van der Waals surface area contributed by atoms with E-state index in [-0.39, 0.29) is 6.04 Å². The first kappa shape index (κ1) is 17.3. The van der Waals surface area contributed by atoms with Gasteiger partial charge < -0.3 is 10.6 Å². The maximum atomic E-state index is 12.5. The zero-order valence-electron chi connectivity index (χ0n) is 12.6. The van der Waals surface area contributed by atoms with Gasteiger partial charge in [0.15, 0.2) is 5.96 Å². The molecule has 0 aliphatic carbocycles. The van der Waals surface area contributed by atoms with Gasteiger partial charge in [-0.05, 0) is 38.0 Å². The largest absolute Gasteiger partial charge is 0.416 e. The molecule has 0 heterocycles. The lowest BCUT2D eigenvalue weighted by Crippen LogP contribution is -2.41. The number of nitrogens with zero attached hydrogens (tertiary/aromatic N) is 1. The van der Waals surface area contributed by atoms with Crippen molar-refractivity contribution in [3.8, 4) is 0 Å². The van der Waals surface area contributed by atoms with Crippen LogP contribution in [0.2, 0.25) is 0 Å². The molecule has 6 heteroatoms. The Labute approximate surface area is 123 Å². The number of benzene rings is 1. The second-order valence-electron chi connectivity index (χ2n) is 4.84. The van der Waals surface area contributed by atoms with E-state index in [1.807, 2.05) is 13.8 Å². The number of hydrogen-bond donors (Lipinski definition) is 2.